The highest BCUT2D eigenvalue weighted by atomic mass is 16.7. The summed E-state index contributed by atoms with van der Waals surface area (Å²) in [6.45, 7) is 2.80. The number of benzene rings is 2. The number of aliphatic hydroxyl groups is 1. The van der Waals surface area contributed by atoms with Crippen LogP contribution in [0.25, 0.3) is 0 Å². The summed E-state index contributed by atoms with van der Waals surface area (Å²) in [5.74, 6) is 3.15. The van der Waals surface area contributed by atoms with Gasteiger partial charge in [0.15, 0.2) is 11.5 Å². The summed E-state index contributed by atoms with van der Waals surface area (Å²) in [5.41, 5.74) is 3.55. The van der Waals surface area contributed by atoms with E-state index in [1.165, 1.54) is 0 Å². The molecule has 11 nitrogen and oxygen atoms in total. The third kappa shape index (κ3) is 5.09. The van der Waals surface area contributed by atoms with Crippen molar-refractivity contribution in [3.05, 3.63) is 53.7 Å². The molecule has 204 valence electrons. The van der Waals surface area contributed by atoms with Gasteiger partial charge in [-0.25, -0.2) is 4.98 Å². The topological polar surface area (TPSA) is 113 Å². The second kappa shape index (κ2) is 10.5. The van der Waals surface area contributed by atoms with Gasteiger partial charge in [0.2, 0.25) is 18.6 Å². The molecule has 0 saturated carbocycles. The maximum Gasteiger partial charge on any atom is 0.242 e. The summed E-state index contributed by atoms with van der Waals surface area (Å²) < 4.78 is 16.9. The fraction of sp³-hybridized carbons (Fsp3) is 0.393. The summed E-state index contributed by atoms with van der Waals surface area (Å²) >= 11 is 0. The molecule has 3 aromatic rings. The van der Waals surface area contributed by atoms with E-state index < -0.39 is 0 Å². The molecule has 1 fully saturated rings. The van der Waals surface area contributed by atoms with E-state index >= 15 is 0 Å². The first-order valence-electron chi connectivity index (χ1n) is 13.1. The molecule has 0 atom stereocenters. The van der Waals surface area contributed by atoms with Gasteiger partial charge < -0.3 is 39.3 Å². The molecule has 1 amide bonds. The van der Waals surface area contributed by atoms with Crippen LogP contribution in [-0.2, 0) is 17.9 Å². The Morgan fingerprint density at radius 1 is 1.15 bits per heavy atom. The van der Waals surface area contributed by atoms with Gasteiger partial charge in [-0.15, -0.1) is 0 Å². The number of fused-ring (bicyclic) bond motifs is 2. The van der Waals surface area contributed by atoms with E-state index in [4.69, 9.17) is 19.2 Å². The monoisotopic (exact) mass is 532 g/mol. The molecular weight excluding hydrogens is 500 g/mol. The number of amides is 1. The minimum Gasteiger partial charge on any atom is -0.494 e. The molecular formula is C28H32N6O5. The highest BCUT2D eigenvalue weighted by molar-refractivity contribution is 5.83. The van der Waals surface area contributed by atoms with Crippen LogP contribution >= 0.6 is 0 Å². The van der Waals surface area contributed by atoms with Crippen molar-refractivity contribution in [2.75, 3.05) is 55.7 Å². The molecule has 0 bridgehead atoms. The Kier molecular flexibility index (Phi) is 6.74. The Labute approximate surface area is 226 Å². The first-order valence-corrected chi connectivity index (χ1v) is 13.1. The van der Waals surface area contributed by atoms with E-state index in [1.54, 1.807) is 25.3 Å². The zero-order valence-electron chi connectivity index (χ0n) is 22.1. The van der Waals surface area contributed by atoms with Gasteiger partial charge in [-0.2, -0.15) is 4.98 Å². The molecule has 11 heteroatoms. The number of hydrogen-bond donors (Lipinski definition) is 2. The highest BCUT2D eigenvalue weighted by Gasteiger charge is 2.28. The molecule has 0 spiro atoms. The van der Waals surface area contributed by atoms with Crippen LogP contribution in [0.15, 0.2) is 42.6 Å². The Morgan fingerprint density at radius 3 is 2.82 bits per heavy atom. The molecule has 0 radical (unpaired) electrons. The van der Waals surface area contributed by atoms with Gasteiger partial charge in [0, 0.05) is 55.8 Å². The third-order valence-electron chi connectivity index (χ3n) is 7.40. The molecule has 39 heavy (non-hydrogen) atoms. The Bertz CT molecular complexity index is 1380. The second-order valence-electron chi connectivity index (χ2n) is 10.0. The van der Waals surface area contributed by atoms with Crippen LogP contribution < -0.4 is 29.3 Å². The number of nitrogens with zero attached hydrogens (tertiary/aromatic N) is 5. The first-order chi connectivity index (χ1) is 19.0. The standard InChI is InChI=1S/C28H32N6O5/c1-32-14-19-13-29-28(30-22-7-6-20(12-24(22)37-2)33-10-8-21(35)9-11-33)31-27(19)34(16-25(32)36)15-18-4-3-5-23-26(18)39-17-38-23/h3-7,12-13,21,35H,8-11,14-17H2,1-2H3,(H,29,30,31). The normalized spacial score (nSPS) is 17.2. The molecule has 0 aliphatic carbocycles. The minimum absolute atomic E-state index is 0.00487. The van der Waals surface area contributed by atoms with E-state index in [9.17, 15) is 9.90 Å². The van der Waals surface area contributed by atoms with Gasteiger partial charge in [0.25, 0.3) is 0 Å². The van der Waals surface area contributed by atoms with Crippen molar-refractivity contribution in [3.8, 4) is 17.2 Å². The van der Waals surface area contributed by atoms with E-state index in [2.05, 4.69) is 15.2 Å². The Morgan fingerprint density at radius 2 is 2.00 bits per heavy atom. The summed E-state index contributed by atoms with van der Waals surface area (Å²) in [6, 6.07) is 11.7. The van der Waals surface area contributed by atoms with Crippen LogP contribution in [0, 0.1) is 0 Å². The fourth-order valence-electron chi connectivity index (χ4n) is 5.22. The summed E-state index contributed by atoms with van der Waals surface area (Å²) in [4.78, 5) is 28.2. The predicted molar refractivity (Wildman–Crippen MR) is 146 cm³/mol. The number of methoxy groups -OCH3 is 1. The predicted octanol–water partition coefficient (Wildman–Crippen LogP) is 2.90. The smallest absolute Gasteiger partial charge is 0.242 e. The number of rotatable bonds is 6. The van der Waals surface area contributed by atoms with Gasteiger partial charge in [0.1, 0.15) is 11.6 Å². The second-order valence-corrected chi connectivity index (χ2v) is 10.0. The van der Waals surface area contributed by atoms with Crippen LogP contribution in [0.1, 0.15) is 24.0 Å². The van der Waals surface area contributed by atoms with Crippen LogP contribution in [0.2, 0.25) is 0 Å². The number of carbonyl (C=O) groups excluding carboxylic acids is 1. The quantitative estimate of drug-likeness (QED) is 0.491. The Balaban J connectivity index is 1.28. The average molecular weight is 533 g/mol. The van der Waals surface area contributed by atoms with Crippen molar-refractivity contribution in [2.45, 2.75) is 32.0 Å². The fourth-order valence-corrected chi connectivity index (χ4v) is 5.22. The van der Waals surface area contributed by atoms with Gasteiger partial charge in [-0.05, 0) is 31.0 Å². The molecule has 1 aromatic heterocycles. The summed E-state index contributed by atoms with van der Waals surface area (Å²) in [7, 11) is 3.42. The maximum absolute atomic E-state index is 12.9. The molecule has 1 saturated heterocycles. The molecule has 3 aliphatic rings. The maximum atomic E-state index is 12.9. The number of likely N-dealkylation sites (N-methyl/N-ethyl adjacent to an activating group) is 1. The zero-order chi connectivity index (χ0) is 26.9. The SMILES string of the molecule is COc1cc(N2CCC(O)CC2)ccc1Nc1ncc2c(n1)N(Cc1cccc3c1OCO3)CC(=O)N(C)C2. The van der Waals surface area contributed by atoms with Crippen LogP contribution in [0.3, 0.4) is 0 Å². The third-order valence-corrected chi connectivity index (χ3v) is 7.40. The number of anilines is 4. The van der Waals surface area contributed by atoms with Gasteiger partial charge in [-0.1, -0.05) is 12.1 Å². The average Bonchev–Trinajstić information content (AvgIpc) is 3.40. The molecule has 4 heterocycles. The summed E-state index contributed by atoms with van der Waals surface area (Å²) in [6.07, 6.45) is 3.05. The van der Waals surface area contributed by atoms with E-state index in [1.807, 2.05) is 41.3 Å². The lowest BCUT2D eigenvalue weighted by atomic mass is 10.1. The number of piperidine rings is 1. The number of nitrogens with one attached hydrogen (secondary N) is 1. The minimum atomic E-state index is -0.229. The number of aliphatic hydroxyl groups excluding tert-OH is 1. The number of aromatic nitrogens is 2. The van der Waals surface area contributed by atoms with Crippen LogP contribution in [0.4, 0.5) is 23.1 Å². The zero-order valence-corrected chi connectivity index (χ0v) is 22.1. The molecule has 3 aliphatic heterocycles. The lowest BCUT2D eigenvalue weighted by Gasteiger charge is -2.31. The highest BCUT2D eigenvalue weighted by Crippen LogP contribution is 2.38. The molecule has 2 N–H and O–H groups in total. The Hall–Kier alpha value is -4.25. The van der Waals surface area contributed by atoms with Crippen LogP contribution in [0.5, 0.6) is 17.2 Å². The van der Waals surface area contributed by atoms with Gasteiger partial charge in [-0.3, -0.25) is 4.79 Å². The molecule has 6 rings (SSSR count). The van der Waals surface area contributed by atoms with E-state index in [-0.39, 0.29) is 25.3 Å². The number of para-hydroxylation sites is 1. The van der Waals surface area contributed by atoms with Gasteiger partial charge >= 0.3 is 0 Å². The number of carbonyl (C=O) groups is 1. The van der Waals surface area contributed by atoms with Crippen molar-refractivity contribution in [1.82, 2.24) is 14.9 Å². The molecule has 2 aromatic carbocycles. The van der Waals surface area contributed by atoms with Crippen molar-refractivity contribution in [1.29, 1.82) is 0 Å². The van der Waals surface area contributed by atoms with E-state index in [0.717, 1.165) is 48.4 Å². The molecule has 0 unspecified atom stereocenters. The van der Waals surface area contributed by atoms with Crippen molar-refractivity contribution in [2.24, 2.45) is 0 Å². The van der Waals surface area contributed by atoms with Crippen molar-refractivity contribution < 1.29 is 24.1 Å². The van der Waals surface area contributed by atoms with Gasteiger partial charge in [0.05, 0.1) is 32.0 Å². The summed E-state index contributed by atoms with van der Waals surface area (Å²) in [5, 5.41) is 13.1. The number of hydrogen-bond acceptors (Lipinski definition) is 10. The lowest BCUT2D eigenvalue weighted by Crippen LogP contribution is -2.35. The van der Waals surface area contributed by atoms with Crippen molar-refractivity contribution >= 4 is 29.0 Å². The van der Waals surface area contributed by atoms with Crippen molar-refractivity contribution in [3.63, 3.8) is 0 Å². The number of ether oxygens (including phenoxy) is 3. The van der Waals surface area contributed by atoms with E-state index in [0.29, 0.717) is 42.1 Å². The first kappa shape index (κ1) is 25.1. The van der Waals surface area contributed by atoms with Crippen LogP contribution in [-0.4, -0.2) is 72.6 Å². The lowest BCUT2D eigenvalue weighted by molar-refractivity contribution is -0.128. The largest absolute Gasteiger partial charge is 0.494 e.